The molecule has 0 saturated carbocycles. The van der Waals surface area contributed by atoms with Gasteiger partial charge in [0.15, 0.2) is 0 Å². The zero-order valence-electron chi connectivity index (χ0n) is 15.4. The van der Waals surface area contributed by atoms with Gasteiger partial charge >= 0.3 is 0 Å². The van der Waals surface area contributed by atoms with Crippen LogP contribution in [0.5, 0.6) is 0 Å². The van der Waals surface area contributed by atoms with Crippen molar-refractivity contribution in [2.45, 2.75) is 55.8 Å². The third kappa shape index (κ3) is 3.35. The summed E-state index contributed by atoms with van der Waals surface area (Å²) in [6.45, 7) is 2.02. The van der Waals surface area contributed by atoms with Crippen LogP contribution in [0.3, 0.4) is 0 Å². The number of rotatable bonds is 4. The zero-order valence-corrected chi connectivity index (χ0v) is 16.2. The van der Waals surface area contributed by atoms with E-state index in [2.05, 4.69) is 16.0 Å². The molecule has 0 N–H and O–H groups in total. The quantitative estimate of drug-likeness (QED) is 0.745. The number of alkyl halides is 1. The second-order valence-corrected chi connectivity index (χ2v) is 8.55. The monoisotopic (exact) mass is 383 g/mol. The number of piperidine rings is 1. The summed E-state index contributed by atoms with van der Waals surface area (Å²) in [4.78, 5) is 6.48. The van der Waals surface area contributed by atoms with Gasteiger partial charge in [-0.15, -0.1) is 0 Å². The molecular formula is C22H23ClFN3. The number of nitriles is 1. The van der Waals surface area contributed by atoms with Gasteiger partial charge in [-0.1, -0.05) is 41.9 Å². The third-order valence-electron chi connectivity index (χ3n) is 6.27. The van der Waals surface area contributed by atoms with Gasteiger partial charge in [0.05, 0.1) is 16.5 Å². The molecule has 0 radical (unpaired) electrons. The highest BCUT2D eigenvalue weighted by molar-refractivity contribution is 6.30. The van der Waals surface area contributed by atoms with Crippen LogP contribution in [0.15, 0.2) is 48.8 Å². The number of aromatic nitrogens is 1. The van der Waals surface area contributed by atoms with Crippen molar-refractivity contribution >= 4 is 11.6 Å². The van der Waals surface area contributed by atoms with Gasteiger partial charge in [0.25, 0.3) is 0 Å². The van der Waals surface area contributed by atoms with Crippen molar-refractivity contribution in [3.05, 3.63) is 64.9 Å². The lowest BCUT2D eigenvalue weighted by Crippen LogP contribution is -2.52. The van der Waals surface area contributed by atoms with Gasteiger partial charge in [-0.3, -0.25) is 9.88 Å². The van der Waals surface area contributed by atoms with Crippen molar-refractivity contribution in [3.8, 4) is 6.07 Å². The van der Waals surface area contributed by atoms with E-state index in [0.717, 1.165) is 18.4 Å². The van der Waals surface area contributed by atoms with Gasteiger partial charge in [-0.25, -0.2) is 4.39 Å². The maximum absolute atomic E-state index is 15.5. The number of halogens is 2. The Hall–Kier alpha value is -1.96. The van der Waals surface area contributed by atoms with Crippen molar-refractivity contribution in [2.75, 3.05) is 6.54 Å². The minimum Gasteiger partial charge on any atom is -0.294 e. The average Bonchev–Trinajstić information content (AvgIpc) is 2.91. The SMILES string of the molecule is CC(F)(CN1C2CCC1CC(C#N)(c1cncc(Cl)c1)C2)c1ccccc1. The van der Waals surface area contributed by atoms with Crippen LogP contribution in [0.25, 0.3) is 0 Å². The Morgan fingerprint density at radius 1 is 1.26 bits per heavy atom. The van der Waals surface area contributed by atoms with E-state index in [0.29, 0.717) is 30.0 Å². The average molecular weight is 384 g/mol. The number of fused-ring (bicyclic) bond motifs is 2. The van der Waals surface area contributed by atoms with E-state index in [4.69, 9.17) is 11.6 Å². The number of pyridine rings is 1. The molecule has 0 spiro atoms. The molecule has 3 unspecified atom stereocenters. The van der Waals surface area contributed by atoms with Crippen LogP contribution >= 0.6 is 11.6 Å². The highest BCUT2D eigenvalue weighted by Gasteiger charge is 2.51. The zero-order chi connectivity index (χ0) is 19.1. The first-order chi connectivity index (χ1) is 12.9. The summed E-state index contributed by atoms with van der Waals surface area (Å²) in [5, 5.41) is 10.6. The third-order valence-corrected chi connectivity index (χ3v) is 6.47. The number of benzene rings is 1. The molecule has 3 nitrogen and oxygen atoms in total. The summed E-state index contributed by atoms with van der Waals surface area (Å²) in [5.74, 6) is 0. The highest BCUT2D eigenvalue weighted by Crippen LogP contribution is 2.48. The van der Waals surface area contributed by atoms with Gasteiger partial charge < -0.3 is 0 Å². The number of nitrogens with zero attached hydrogens (tertiary/aromatic N) is 3. The standard InChI is InChI=1S/C22H23ClFN3/c1-21(24,16-5-3-2-4-6-16)15-27-19-7-8-20(27)11-22(10-19,14-25)17-9-18(23)13-26-12-17/h2-6,9,12-13,19-20H,7-8,10-11,15H2,1H3. The molecule has 3 atom stereocenters. The summed E-state index contributed by atoms with van der Waals surface area (Å²) in [5.41, 5.74) is -0.396. The van der Waals surface area contributed by atoms with E-state index in [-0.39, 0.29) is 12.1 Å². The Morgan fingerprint density at radius 2 is 1.93 bits per heavy atom. The van der Waals surface area contributed by atoms with Gasteiger partial charge in [0.1, 0.15) is 5.67 Å². The van der Waals surface area contributed by atoms with Crippen LogP contribution in [0.2, 0.25) is 5.02 Å². The Labute approximate surface area is 164 Å². The minimum atomic E-state index is -1.41. The van der Waals surface area contributed by atoms with E-state index < -0.39 is 11.1 Å². The summed E-state index contributed by atoms with van der Waals surface area (Å²) in [6, 6.07) is 14.2. The molecule has 0 amide bonds. The van der Waals surface area contributed by atoms with E-state index >= 15 is 4.39 Å². The van der Waals surface area contributed by atoms with Gasteiger partial charge in [-0.2, -0.15) is 5.26 Å². The largest absolute Gasteiger partial charge is 0.294 e. The Balaban J connectivity index is 1.58. The second-order valence-electron chi connectivity index (χ2n) is 8.11. The van der Waals surface area contributed by atoms with Crippen LogP contribution in [0.4, 0.5) is 4.39 Å². The lowest BCUT2D eigenvalue weighted by molar-refractivity contribution is 0.0364. The molecule has 0 aliphatic carbocycles. The van der Waals surface area contributed by atoms with Gasteiger partial charge in [0, 0.05) is 31.0 Å². The lowest BCUT2D eigenvalue weighted by atomic mass is 9.71. The molecule has 2 aliphatic heterocycles. The van der Waals surface area contributed by atoms with E-state index in [1.807, 2.05) is 36.4 Å². The Bertz CT molecular complexity index is 847. The molecule has 2 aliphatic rings. The molecule has 2 bridgehead atoms. The summed E-state index contributed by atoms with van der Waals surface area (Å²) in [7, 11) is 0. The second kappa shape index (κ2) is 6.89. The van der Waals surface area contributed by atoms with Crippen molar-refractivity contribution < 1.29 is 4.39 Å². The Morgan fingerprint density at radius 3 is 2.52 bits per heavy atom. The first-order valence-corrected chi connectivity index (χ1v) is 9.84. The van der Waals surface area contributed by atoms with Crippen molar-refractivity contribution in [1.29, 1.82) is 5.26 Å². The minimum absolute atomic E-state index is 0.209. The fourth-order valence-electron chi connectivity index (χ4n) is 4.88. The number of hydrogen-bond donors (Lipinski definition) is 0. The normalized spacial score (nSPS) is 29.9. The van der Waals surface area contributed by atoms with Crippen LogP contribution < -0.4 is 0 Å². The molecule has 27 heavy (non-hydrogen) atoms. The molecular weight excluding hydrogens is 361 g/mol. The van der Waals surface area contributed by atoms with Gasteiger partial charge in [0.2, 0.25) is 0 Å². The molecule has 2 aromatic rings. The van der Waals surface area contributed by atoms with Crippen molar-refractivity contribution in [1.82, 2.24) is 9.88 Å². The summed E-state index contributed by atoms with van der Waals surface area (Å²) in [6.07, 6.45) is 6.77. The first-order valence-electron chi connectivity index (χ1n) is 9.46. The maximum atomic E-state index is 15.5. The molecule has 1 aromatic carbocycles. The topological polar surface area (TPSA) is 39.9 Å². The van der Waals surface area contributed by atoms with E-state index in [1.165, 1.54) is 0 Å². The molecule has 1 aromatic heterocycles. The maximum Gasteiger partial charge on any atom is 0.145 e. The first kappa shape index (κ1) is 18.4. The van der Waals surface area contributed by atoms with Crippen LogP contribution in [-0.4, -0.2) is 28.5 Å². The highest BCUT2D eigenvalue weighted by atomic mass is 35.5. The number of hydrogen-bond acceptors (Lipinski definition) is 3. The molecule has 2 saturated heterocycles. The van der Waals surface area contributed by atoms with Crippen LogP contribution in [0.1, 0.15) is 43.7 Å². The van der Waals surface area contributed by atoms with Crippen molar-refractivity contribution in [2.24, 2.45) is 0 Å². The molecule has 140 valence electrons. The smallest absolute Gasteiger partial charge is 0.145 e. The van der Waals surface area contributed by atoms with Crippen LogP contribution in [-0.2, 0) is 11.1 Å². The summed E-state index contributed by atoms with van der Waals surface area (Å²) >= 11 is 6.12. The summed E-state index contributed by atoms with van der Waals surface area (Å²) < 4.78 is 15.5. The Kier molecular flexibility index (Phi) is 4.70. The van der Waals surface area contributed by atoms with E-state index in [9.17, 15) is 5.26 Å². The fraction of sp³-hybridized carbons (Fsp3) is 0.455. The van der Waals surface area contributed by atoms with Crippen molar-refractivity contribution in [3.63, 3.8) is 0 Å². The predicted molar refractivity (Wildman–Crippen MR) is 104 cm³/mol. The molecule has 2 fully saturated rings. The molecule has 4 rings (SSSR count). The predicted octanol–water partition coefficient (Wildman–Crippen LogP) is 5.01. The van der Waals surface area contributed by atoms with E-state index in [1.54, 1.807) is 19.3 Å². The van der Waals surface area contributed by atoms with Gasteiger partial charge in [-0.05, 0) is 49.8 Å². The molecule has 3 heterocycles. The molecule has 5 heteroatoms. The lowest BCUT2D eigenvalue weighted by Gasteiger charge is -2.45. The van der Waals surface area contributed by atoms with Crippen LogP contribution in [0, 0.1) is 11.3 Å². The fourth-order valence-corrected chi connectivity index (χ4v) is 5.06.